The maximum Gasteiger partial charge on any atom is 0.407 e. The van der Waals surface area contributed by atoms with Crippen LogP contribution >= 0.6 is 15.9 Å². The Hall–Kier alpha value is -0.510. The van der Waals surface area contributed by atoms with Crippen molar-refractivity contribution in [3.05, 3.63) is 12.2 Å². The number of amides is 1. The summed E-state index contributed by atoms with van der Waals surface area (Å²) in [5.74, 6) is 0.598. The molecule has 104 valence electrons. The van der Waals surface area contributed by atoms with Crippen molar-refractivity contribution >= 4 is 22.0 Å². The van der Waals surface area contributed by atoms with Crippen molar-refractivity contribution in [2.45, 2.75) is 58.1 Å². The van der Waals surface area contributed by atoms with Crippen molar-refractivity contribution in [1.29, 1.82) is 0 Å². The highest BCUT2D eigenvalue weighted by Crippen LogP contribution is 2.30. The topological polar surface area (TPSA) is 38.3 Å². The molecular formula is C14H24BrNO2. The van der Waals surface area contributed by atoms with Gasteiger partial charge in [0.15, 0.2) is 0 Å². The van der Waals surface area contributed by atoms with Crippen molar-refractivity contribution in [3.63, 3.8) is 0 Å². The molecule has 0 aliphatic heterocycles. The van der Waals surface area contributed by atoms with E-state index >= 15 is 0 Å². The van der Waals surface area contributed by atoms with E-state index < -0.39 is 5.60 Å². The van der Waals surface area contributed by atoms with Gasteiger partial charge in [0.05, 0.1) is 0 Å². The number of hydrogen-bond donors (Lipinski definition) is 1. The molecule has 1 rings (SSSR count). The summed E-state index contributed by atoms with van der Waals surface area (Å²) in [6.07, 6.45) is 3.92. The number of hydrogen-bond acceptors (Lipinski definition) is 2. The van der Waals surface area contributed by atoms with E-state index in [0.29, 0.717) is 5.92 Å². The quantitative estimate of drug-likeness (QED) is 0.630. The van der Waals surface area contributed by atoms with Crippen LogP contribution in [-0.4, -0.2) is 23.1 Å². The third-order valence-electron chi connectivity index (χ3n) is 3.20. The zero-order valence-corrected chi connectivity index (χ0v) is 13.2. The second kappa shape index (κ2) is 6.60. The molecule has 0 atom stereocenters. The number of alkyl halides is 1. The molecule has 3 nitrogen and oxygen atoms in total. The summed E-state index contributed by atoms with van der Waals surface area (Å²) < 4.78 is 5.26. The molecule has 0 aromatic rings. The van der Waals surface area contributed by atoms with Crippen LogP contribution in [0.5, 0.6) is 0 Å². The highest BCUT2D eigenvalue weighted by molar-refractivity contribution is 9.09. The summed E-state index contributed by atoms with van der Waals surface area (Å²) in [4.78, 5) is 11.6. The van der Waals surface area contributed by atoms with Gasteiger partial charge in [0.2, 0.25) is 0 Å². The fraction of sp³-hybridized carbons (Fsp3) is 0.786. The lowest BCUT2D eigenvalue weighted by Gasteiger charge is -2.30. The van der Waals surface area contributed by atoms with E-state index in [2.05, 4.69) is 27.8 Å². The number of nitrogens with one attached hydrogen (secondary N) is 1. The lowest BCUT2D eigenvalue weighted by Crippen LogP contribution is -2.41. The number of ether oxygens (including phenoxy) is 1. The third kappa shape index (κ3) is 5.42. The van der Waals surface area contributed by atoms with Gasteiger partial charge < -0.3 is 10.1 Å². The molecule has 0 aromatic carbocycles. The first-order chi connectivity index (χ1) is 8.31. The summed E-state index contributed by atoms with van der Waals surface area (Å²) in [5, 5.41) is 3.83. The zero-order valence-electron chi connectivity index (χ0n) is 11.6. The lowest BCUT2D eigenvalue weighted by atomic mass is 9.82. The molecule has 0 spiro atoms. The molecule has 1 N–H and O–H groups in total. The second-order valence-corrected chi connectivity index (χ2v) is 6.55. The van der Waals surface area contributed by atoms with Crippen LogP contribution in [0.1, 0.15) is 46.5 Å². The van der Waals surface area contributed by atoms with Crippen LogP contribution in [0.2, 0.25) is 0 Å². The maximum absolute atomic E-state index is 11.6. The zero-order chi connectivity index (χ0) is 13.8. The molecule has 0 radical (unpaired) electrons. The van der Waals surface area contributed by atoms with Gasteiger partial charge in [0.1, 0.15) is 5.60 Å². The Morgan fingerprint density at radius 2 is 1.89 bits per heavy atom. The summed E-state index contributed by atoms with van der Waals surface area (Å²) in [6, 6.07) is 0.249. The third-order valence-corrected chi connectivity index (χ3v) is 3.92. The summed E-state index contributed by atoms with van der Waals surface area (Å²) in [5.41, 5.74) is 0.844. The summed E-state index contributed by atoms with van der Waals surface area (Å²) in [7, 11) is 0. The number of rotatable bonds is 3. The van der Waals surface area contributed by atoms with Gasteiger partial charge in [0.25, 0.3) is 0 Å². The van der Waals surface area contributed by atoms with Crippen LogP contribution in [0.3, 0.4) is 0 Å². The molecule has 0 saturated heterocycles. The number of carbonyl (C=O) groups is 1. The van der Waals surface area contributed by atoms with Gasteiger partial charge in [-0.05, 0) is 52.4 Å². The van der Waals surface area contributed by atoms with Crippen LogP contribution in [0.15, 0.2) is 12.2 Å². The predicted octanol–water partition coefficient (Wildman–Crippen LogP) is 4.02. The smallest absolute Gasteiger partial charge is 0.407 e. The van der Waals surface area contributed by atoms with Gasteiger partial charge in [0, 0.05) is 11.4 Å². The van der Waals surface area contributed by atoms with E-state index in [9.17, 15) is 4.79 Å². The predicted molar refractivity (Wildman–Crippen MR) is 78.0 cm³/mol. The Morgan fingerprint density at radius 3 is 2.33 bits per heavy atom. The van der Waals surface area contributed by atoms with Crippen molar-refractivity contribution < 1.29 is 9.53 Å². The Morgan fingerprint density at radius 1 is 1.33 bits per heavy atom. The minimum atomic E-state index is -0.425. The number of allylic oxidation sites excluding steroid dienone is 1. The minimum absolute atomic E-state index is 0.249. The molecule has 18 heavy (non-hydrogen) atoms. The van der Waals surface area contributed by atoms with E-state index in [-0.39, 0.29) is 12.1 Å². The average Bonchev–Trinajstić information content (AvgIpc) is 2.26. The van der Waals surface area contributed by atoms with Gasteiger partial charge in [-0.25, -0.2) is 4.79 Å². The van der Waals surface area contributed by atoms with Crippen molar-refractivity contribution in [2.24, 2.45) is 5.92 Å². The highest BCUT2D eigenvalue weighted by Gasteiger charge is 2.25. The standard InChI is InChI=1S/C14H24BrNO2/c1-10(9-15)11-5-7-12(8-6-11)16-13(17)18-14(2,3)4/h11-12H,1,5-9H2,2-4H3,(H,16,17). The number of carbonyl (C=O) groups excluding carboxylic acids is 1. The summed E-state index contributed by atoms with van der Waals surface area (Å²) >= 11 is 3.45. The van der Waals surface area contributed by atoms with Crippen LogP contribution in [0.25, 0.3) is 0 Å². The maximum atomic E-state index is 11.6. The molecule has 1 fully saturated rings. The van der Waals surface area contributed by atoms with Crippen molar-refractivity contribution in [3.8, 4) is 0 Å². The highest BCUT2D eigenvalue weighted by atomic mass is 79.9. The molecule has 0 bridgehead atoms. The minimum Gasteiger partial charge on any atom is -0.444 e. The first kappa shape index (κ1) is 15.5. The molecular weight excluding hydrogens is 294 g/mol. The Balaban J connectivity index is 2.31. The van der Waals surface area contributed by atoms with Crippen molar-refractivity contribution in [1.82, 2.24) is 5.32 Å². The molecule has 0 unspecified atom stereocenters. The van der Waals surface area contributed by atoms with Gasteiger partial charge in [-0.3, -0.25) is 0 Å². The molecule has 1 saturated carbocycles. The van der Waals surface area contributed by atoms with Gasteiger partial charge >= 0.3 is 6.09 Å². The van der Waals surface area contributed by atoms with Gasteiger partial charge in [-0.15, -0.1) is 0 Å². The molecule has 1 amide bonds. The van der Waals surface area contributed by atoms with E-state index in [1.807, 2.05) is 20.8 Å². The largest absolute Gasteiger partial charge is 0.444 e. The van der Waals surface area contributed by atoms with Crippen molar-refractivity contribution in [2.75, 3.05) is 5.33 Å². The molecule has 4 heteroatoms. The van der Waals surface area contributed by atoms with Crippen LogP contribution in [0.4, 0.5) is 4.79 Å². The first-order valence-corrected chi connectivity index (χ1v) is 7.67. The van der Waals surface area contributed by atoms with Crippen LogP contribution < -0.4 is 5.32 Å². The van der Waals surface area contributed by atoms with Gasteiger partial charge in [-0.2, -0.15) is 0 Å². The fourth-order valence-corrected chi connectivity index (χ4v) is 2.69. The molecule has 1 aliphatic carbocycles. The van der Waals surface area contributed by atoms with E-state index in [4.69, 9.17) is 4.74 Å². The van der Waals surface area contributed by atoms with Gasteiger partial charge in [-0.1, -0.05) is 28.1 Å². The number of alkyl carbamates (subject to hydrolysis) is 1. The Kier molecular flexibility index (Phi) is 5.70. The van der Waals surface area contributed by atoms with Crippen LogP contribution in [-0.2, 0) is 4.74 Å². The summed E-state index contributed by atoms with van der Waals surface area (Å²) in [6.45, 7) is 9.71. The SMILES string of the molecule is C=C(CBr)C1CCC(NC(=O)OC(C)(C)C)CC1. The van der Waals surface area contributed by atoms with E-state index in [1.165, 1.54) is 5.57 Å². The normalized spacial score (nSPS) is 24.4. The monoisotopic (exact) mass is 317 g/mol. The molecule has 0 aromatic heterocycles. The first-order valence-electron chi connectivity index (χ1n) is 6.55. The number of halogens is 1. The average molecular weight is 318 g/mol. The van der Waals surface area contributed by atoms with Crippen LogP contribution in [0, 0.1) is 5.92 Å². The molecule has 1 aliphatic rings. The second-order valence-electron chi connectivity index (χ2n) is 5.99. The fourth-order valence-electron chi connectivity index (χ4n) is 2.23. The lowest BCUT2D eigenvalue weighted by molar-refractivity contribution is 0.0489. The van der Waals surface area contributed by atoms with E-state index in [1.54, 1.807) is 0 Å². The Bertz CT molecular complexity index is 301. The Labute approximate surface area is 118 Å². The molecule has 0 heterocycles. The van der Waals surface area contributed by atoms with E-state index in [0.717, 1.165) is 31.0 Å².